The first-order valence-corrected chi connectivity index (χ1v) is 3.54. The molecule has 6 heteroatoms. The number of rotatable bonds is 1. The molecule has 6 nitrogen and oxygen atoms in total. The summed E-state index contributed by atoms with van der Waals surface area (Å²) in [6, 6.07) is 0.974. The van der Waals surface area contributed by atoms with E-state index < -0.39 is 6.03 Å². The summed E-state index contributed by atoms with van der Waals surface area (Å²) in [7, 11) is 0. The molecule has 0 spiro atoms. The minimum Gasteiger partial charge on any atom is -0.446 e. The third-order valence-corrected chi connectivity index (χ3v) is 1.31. The van der Waals surface area contributed by atoms with E-state index in [9.17, 15) is 4.79 Å². The molecule has 70 valence electrons. The smallest absolute Gasteiger partial charge is 0.318 e. The van der Waals surface area contributed by atoms with Crippen LogP contribution in [0, 0.1) is 6.92 Å². The number of nitrogens with one attached hydrogen (secondary N) is 1. The number of furan rings is 1. The summed E-state index contributed by atoms with van der Waals surface area (Å²) in [6.07, 6.45) is 1.48. The first-order chi connectivity index (χ1) is 6.09. The highest BCUT2D eigenvalue weighted by Gasteiger charge is 2.01. The monoisotopic (exact) mass is 182 g/mol. The van der Waals surface area contributed by atoms with Crippen molar-refractivity contribution in [2.24, 2.45) is 16.5 Å². The van der Waals surface area contributed by atoms with Crippen molar-refractivity contribution in [3.05, 3.63) is 17.9 Å². The number of nitrogens with two attached hydrogens (primary N) is 2. The van der Waals surface area contributed by atoms with E-state index in [4.69, 9.17) is 15.9 Å². The zero-order chi connectivity index (χ0) is 9.84. The van der Waals surface area contributed by atoms with Crippen molar-refractivity contribution in [2.75, 3.05) is 0 Å². The van der Waals surface area contributed by atoms with Gasteiger partial charge in [0.2, 0.25) is 11.8 Å². The van der Waals surface area contributed by atoms with Crippen molar-refractivity contribution in [1.82, 2.24) is 5.32 Å². The fourth-order valence-electron chi connectivity index (χ4n) is 0.743. The minimum absolute atomic E-state index is 0.0921. The zero-order valence-corrected chi connectivity index (χ0v) is 7.07. The van der Waals surface area contributed by atoms with Gasteiger partial charge >= 0.3 is 6.03 Å². The lowest BCUT2D eigenvalue weighted by Crippen LogP contribution is -2.39. The Bertz CT molecular complexity index is 342. The van der Waals surface area contributed by atoms with Crippen molar-refractivity contribution in [3.63, 3.8) is 0 Å². The Hall–Kier alpha value is -1.98. The number of aliphatic imine (C=N–C) groups is 1. The second-order valence-corrected chi connectivity index (χ2v) is 2.40. The van der Waals surface area contributed by atoms with Crippen LogP contribution < -0.4 is 16.8 Å². The van der Waals surface area contributed by atoms with Gasteiger partial charge in [0.15, 0.2) is 0 Å². The van der Waals surface area contributed by atoms with Crippen LogP contribution in [0.25, 0.3) is 0 Å². The fraction of sp³-hybridized carbons (Fsp3) is 0.143. The summed E-state index contributed by atoms with van der Waals surface area (Å²) in [5.74, 6) is 0.261. The summed E-state index contributed by atoms with van der Waals surface area (Å²) in [5.41, 5.74) is 11.0. The van der Waals surface area contributed by atoms with Crippen LogP contribution in [-0.4, -0.2) is 12.0 Å². The van der Waals surface area contributed by atoms with Crippen molar-refractivity contribution in [1.29, 1.82) is 0 Å². The highest BCUT2D eigenvalue weighted by atomic mass is 16.3. The Morgan fingerprint density at radius 3 is 2.77 bits per heavy atom. The molecule has 1 aromatic rings. The van der Waals surface area contributed by atoms with E-state index in [-0.39, 0.29) is 5.96 Å². The van der Waals surface area contributed by atoms with Crippen molar-refractivity contribution < 1.29 is 9.21 Å². The van der Waals surface area contributed by atoms with Gasteiger partial charge in [-0.15, -0.1) is 0 Å². The quantitative estimate of drug-likeness (QED) is 0.426. The molecule has 0 bridgehead atoms. The number of amides is 2. The summed E-state index contributed by atoms with van der Waals surface area (Å²) in [6.45, 7) is 1.81. The van der Waals surface area contributed by atoms with Crippen molar-refractivity contribution in [2.45, 2.75) is 6.92 Å². The van der Waals surface area contributed by atoms with E-state index in [2.05, 4.69) is 10.3 Å². The first kappa shape index (κ1) is 9.11. The van der Waals surface area contributed by atoms with Gasteiger partial charge in [-0.1, -0.05) is 0 Å². The van der Waals surface area contributed by atoms with Crippen LogP contribution in [0.4, 0.5) is 10.7 Å². The fourth-order valence-corrected chi connectivity index (χ4v) is 0.743. The summed E-state index contributed by atoms with van der Waals surface area (Å²) in [5, 5.41) is 2.11. The third kappa shape index (κ3) is 2.51. The van der Waals surface area contributed by atoms with Crippen LogP contribution >= 0.6 is 0 Å². The second-order valence-electron chi connectivity index (χ2n) is 2.40. The van der Waals surface area contributed by atoms with Gasteiger partial charge in [-0.25, -0.2) is 4.79 Å². The maximum Gasteiger partial charge on any atom is 0.318 e. The Morgan fingerprint density at radius 1 is 1.62 bits per heavy atom. The van der Waals surface area contributed by atoms with Gasteiger partial charge in [-0.3, -0.25) is 5.32 Å². The average molecular weight is 182 g/mol. The van der Waals surface area contributed by atoms with Gasteiger partial charge in [0.05, 0.1) is 6.26 Å². The highest BCUT2D eigenvalue weighted by Crippen LogP contribution is 2.17. The zero-order valence-electron chi connectivity index (χ0n) is 7.07. The van der Waals surface area contributed by atoms with E-state index in [1.165, 1.54) is 6.26 Å². The average Bonchev–Trinajstić information content (AvgIpc) is 2.34. The number of aryl methyl sites for hydroxylation is 1. The van der Waals surface area contributed by atoms with Gasteiger partial charge in [-0.2, -0.15) is 4.99 Å². The maximum atomic E-state index is 10.3. The van der Waals surface area contributed by atoms with E-state index in [0.29, 0.717) is 5.88 Å². The van der Waals surface area contributed by atoms with Crippen LogP contribution in [0.15, 0.2) is 21.7 Å². The maximum absolute atomic E-state index is 10.3. The molecule has 0 aliphatic carbocycles. The van der Waals surface area contributed by atoms with Crippen LogP contribution in [0.2, 0.25) is 0 Å². The number of carbonyl (C=O) groups excluding carboxylic acids is 1. The van der Waals surface area contributed by atoms with E-state index >= 15 is 0 Å². The molecule has 5 N–H and O–H groups in total. The summed E-state index contributed by atoms with van der Waals surface area (Å²) >= 11 is 0. The van der Waals surface area contributed by atoms with Crippen molar-refractivity contribution in [3.8, 4) is 0 Å². The lowest BCUT2D eigenvalue weighted by molar-refractivity contribution is 0.253. The SMILES string of the molecule is Cc1ccoc1/N=C(\N)NC(N)=O. The van der Waals surface area contributed by atoms with Crippen LogP contribution in [-0.2, 0) is 0 Å². The number of nitrogens with zero attached hydrogens (tertiary/aromatic N) is 1. The Balaban J connectivity index is 2.76. The second kappa shape index (κ2) is 3.61. The molecular weight excluding hydrogens is 172 g/mol. The molecule has 0 fully saturated rings. The molecular formula is C7H10N4O2. The number of hydrogen-bond acceptors (Lipinski definition) is 3. The first-order valence-electron chi connectivity index (χ1n) is 3.54. The molecule has 13 heavy (non-hydrogen) atoms. The minimum atomic E-state index is -0.759. The molecule has 0 radical (unpaired) electrons. The molecule has 0 aromatic carbocycles. The Kier molecular flexibility index (Phi) is 2.53. The lowest BCUT2D eigenvalue weighted by atomic mass is 10.4. The molecule has 1 rings (SSSR count). The predicted molar refractivity (Wildman–Crippen MR) is 47.4 cm³/mol. The number of urea groups is 1. The van der Waals surface area contributed by atoms with E-state index in [0.717, 1.165) is 5.56 Å². The third-order valence-electron chi connectivity index (χ3n) is 1.31. The highest BCUT2D eigenvalue weighted by molar-refractivity contribution is 5.95. The van der Waals surface area contributed by atoms with Gasteiger partial charge in [0.1, 0.15) is 0 Å². The lowest BCUT2D eigenvalue weighted by Gasteiger charge is -1.98. The van der Waals surface area contributed by atoms with Gasteiger partial charge in [-0.05, 0) is 13.0 Å². The molecule has 2 amide bonds. The molecule has 1 aromatic heterocycles. The van der Waals surface area contributed by atoms with Gasteiger partial charge < -0.3 is 15.9 Å². The molecule has 0 saturated carbocycles. The molecule has 1 heterocycles. The number of primary amides is 1. The molecule has 0 unspecified atom stereocenters. The summed E-state index contributed by atoms with van der Waals surface area (Å²) < 4.78 is 4.96. The van der Waals surface area contributed by atoms with E-state index in [1.54, 1.807) is 13.0 Å². The van der Waals surface area contributed by atoms with Crippen molar-refractivity contribution >= 4 is 17.9 Å². The summed E-state index contributed by atoms with van der Waals surface area (Å²) in [4.78, 5) is 14.1. The predicted octanol–water partition coefficient (Wildman–Crippen LogP) is 0.203. The number of guanidine groups is 1. The van der Waals surface area contributed by atoms with E-state index in [1.807, 2.05) is 0 Å². The van der Waals surface area contributed by atoms with Crippen LogP contribution in [0.5, 0.6) is 0 Å². The standard InChI is InChI=1S/C7H10N4O2/c1-4-2-3-13-5(4)10-6(8)11-7(9)12/h2-3H,1H3,(H5,8,9,10,11,12). The number of hydrogen-bond donors (Lipinski definition) is 3. The Labute approximate surface area is 74.6 Å². The molecule has 0 aliphatic rings. The van der Waals surface area contributed by atoms with Crippen LogP contribution in [0.1, 0.15) is 5.56 Å². The van der Waals surface area contributed by atoms with Gasteiger partial charge in [0.25, 0.3) is 0 Å². The molecule has 0 saturated heterocycles. The normalized spacial score (nSPS) is 11.3. The Morgan fingerprint density at radius 2 is 2.31 bits per heavy atom. The largest absolute Gasteiger partial charge is 0.446 e. The van der Waals surface area contributed by atoms with Crippen LogP contribution in [0.3, 0.4) is 0 Å². The van der Waals surface area contributed by atoms with Gasteiger partial charge in [0, 0.05) is 5.56 Å². The molecule has 0 atom stereocenters. The molecule has 0 aliphatic heterocycles. The number of carbonyl (C=O) groups is 1. The topological polar surface area (TPSA) is 107 Å².